The first-order valence-corrected chi connectivity index (χ1v) is 10.1. The Labute approximate surface area is 178 Å². The fourth-order valence-electron chi connectivity index (χ4n) is 2.64. The van der Waals surface area contributed by atoms with E-state index >= 15 is 8.78 Å². The third-order valence-corrected chi connectivity index (χ3v) is 4.29. The molecule has 1 aromatic rings. The highest BCUT2D eigenvalue weighted by molar-refractivity contribution is 5.85. The van der Waals surface area contributed by atoms with Gasteiger partial charge in [0.15, 0.2) is 0 Å². The average molecular weight is 429 g/mol. The molecule has 1 aromatic carbocycles. The van der Waals surface area contributed by atoms with E-state index in [0.29, 0.717) is 12.4 Å². The monoisotopic (exact) mass is 428 g/mol. The molecule has 1 unspecified atom stereocenters. The highest BCUT2D eigenvalue weighted by atomic mass is 19.3. The second kappa shape index (κ2) is 10.6. The molecule has 1 rings (SSSR count). The molecule has 30 heavy (non-hydrogen) atoms. The van der Waals surface area contributed by atoms with Gasteiger partial charge in [-0.3, -0.25) is 9.69 Å². The van der Waals surface area contributed by atoms with Gasteiger partial charge in [0.1, 0.15) is 17.4 Å². The number of likely N-dealkylation sites (N-methyl/N-ethyl adjacent to an activating group) is 1. The van der Waals surface area contributed by atoms with Crippen LogP contribution in [0.5, 0.6) is 5.75 Å². The maximum absolute atomic E-state index is 15.2. The zero-order valence-corrected chi connectivity index (χ0v) is 19.0. The topological polar surface area (TPSA) is 59.1 Å². The first-order valence-electron chi connectivity index (χ1n) is 10.1. The van der Waals surface area contributed by atoms with Gasteiger partial charge >= 0.3 is 6.09 Å². The van der Waals surface area contributed by atoms with Crippen LogP contribution >= 0.6 is 0 Å². The number of carbonyl (C=O) groups excluding carboxylic acids is 2. The highest BCUT2D eigenvalue weighted by Gasteiger charge is 2.41. The molecule has 0 aliphatic carbocycles. The van der Waals surface area contributed by atoms with Crippen LogP contribution in [-0.2, 0) is 15.5 Å². The van der Waals surface area contributed by atoms with Gasteiger partial charge in [-0.25, -0.2) is 4.79 Å². The molecule has 0 heterocycles. The van der Waals surface area contributed by atoms with Gasteiger partial charge in [-0.2, -0.15) is 8.78 Å². The SMILES string of the molecule is CCCCOc1cccc(C(F)(F)CN(C(=O)OC(C)(C)C)C(C)C(=O)N(C)C)c1. The zero-order valence-electron chi connectivity index (χ0n) is 19.0. The van der Waals surface area contributed by atoms with E-state index in [9.17, 15) is 9.59 Å². The third kappa shape index (κ3) is 7.80. The molecule has 0 aliphatic heterocycles. The summed E-state index contributed by atoms with van der Waals surface area (Å²) in [6.07, 6.45) is 0.774. The number of hydrogen-bond donors (Lipinski definition) is 0. The van der Waals surface area contributed by atoms with Crippen molar-refractivity contribution in [1.82, 2.24) is 9.80 Å². The first-order chi connectivity index (χ1) is 13.8. The quantitative estimate of drug-likeness (QED) is 0.536. The molecule has 0 fully saturated rings. The van der Waals surface area contributed by atoms with E-state index < -0.39 is 36.1 Å². The number of amides is 2. The van der Waals surface area contributed by atoms with Gasteiger partial charge in [0.2, 0.25) is 5.91 Å². The van der Waals surface area contributed by atoms with E-state index in [2.05, 4.69) is 0 Å². The molecule has 1 atom stereocenters. The number of rotatable bonds is 9. The summed E-state index contributed by atoms with van der Waals surface area (Å²) in [5.74, 6) is -3.56. The Bertz CT molecular complexity index is 717. The summed E-state index contributed by atoms with van der Waals surface area (Å²) >= 11 is 0. The van der Waals surface area contributed by atoms with Crippen LogP contribution in [0.3, 0.4) is 0 Å². The van der Waals surface area contributed by atoms with Crippen LogP contribution in [0.25, 0.3) is 0 Å². The second-order valence-corrected chi connectivity index (χ2v) is 8.45. The normalized spacial score (nSPS) is 12.8. The minimum absolute atomic E-state index is 0.297. The Morgan fingerprint density at radius 1 is 1.17 bits per heavy atom. The van der Waals surface area contributed by atoms with Gasteiger partial charge in [0, 0.05) is 19.7 Å². The van der Waals surface area contributed by atoms with Gasteiger partial charge in [-0.05, 0) is 46.2 Å². The van der Waals surface area contributed by atoms with E-state index in [1.807, 2.05) is 6.92 Å². The Balaban J connectivity index is 3.15. The summed E-state index contributed by atoms with van der Waals surface area (Å²) in [4.78, 5) is 27.1. The predicted octanol–water partition coefficient (Wildman–Crippen LogP) is 4.67. The van der Waals surface area contributed by atoms with Crippen molar-refractivity contribution in [2.24, 2.45) is 0 Å². The maximum Gasteiger partial charge on any atom is 0.411 e. The Morgan fingerprint density at radius 2 is 1.80 bits per heavy atom. The third-order valence-electron chi connectivity index (χ3n) is 4.29. The second-order valence-electron chi connectivity index (χ2n) is 8.45. The molecule has 0 aromatic heterocycles. The van der Waals surface area contributed by atoms with Gasteiger partial charge in [-0.15, -0.1) is 0 Å². The molecule has 2 amide bonds. The summed E-state index contributed by atoms with van der Waals surface area (Å²) in [5.41, 5.74) is -1.19. The number of alkyl halides is 2. The van der Waals surface area contributed by atoms with Crippen LogP contribution in [0.1, 0.15) is 53.0 Å². The number of carbonyl (C=O) groups is 2. The van der Waals surface area contributed by atoms with E-state index in [1.54, 1.807) is 26.8 Å². The molecule has 0 saturated heterocycles. The van der Waals surface area contributed by atoms with Crippen molar-refractivity contribution < 1.29 is 27.8 Å². The summed E-state index contributed by atoms with van der Waals surface area (Å²) in [6.45, 7) is 7.76. The molecular formula is C22H34F2N2O4. The van der Waals surface area contributed by atoms with Gasteiger partial charge in [-0.1, -0.05) is 25.5 Å². The lowest BCUT2D eigenvalue weighted by molar-refractivity contribution is -0.136. The van der Waals surface area contributed by atoms with Crippen LogP contribution in [0.15, 0.2) is 24.3 Å². The lowest BCUT2D eigenvalue weighted by atomic mass is 10.1. The predicted molar refractivity (Wildman–Crippen MR) is 112 cm³/mol. The largest absolute Gasteiger partial charge is 0.494 e. The number of nitrogens with zero attached hydrogens (tertiary/aromatic N) is 2. The van der Waals surface area contributed by atoms with E-state index in [4.69, 9.17) is 9.47 Å². The number of halogens is 2. The van der Waals surface area contributed by atoms with Gasteiger partial charge in [0.05, 0.1) is 13.2 Å². The van der Waals surface area contributed by atoms with Crippen molar-refractivity contribution in [2.45, 2.75) is 65.0 Å². The van der Waals surface area contributed by atoms with Crippen molar-refractivity contribution in [1.29, 1.82) is 0 Å². The van der Waals surface area contributed by atoms with E-state index in [-0.39, 0.29) is 5.56 Å². The number of hydrogen-bond acceptors (Lipinski definition) is 4. The summed E-state index contributed by atoms with van der Waals surface area (Å²) < 4.78 is 41.1. The van der Waals surface area contributed by atoms with Gasteiger partial charge < -0.3 is 14.4 Å². The fourth-order valence-corrected chi connectivity index (χ4v) is 2.64. The highest BCUT2D eigenvalue weighted by Crippen LogP contribution is 2.32. The lowest BCUT2D eigenvalue weighted by Crippen LogP contribution is -2.52. The van der Waals surface area contributed by atoms with Crippen LogP contribution in [0.4, 0.5) is 13.6 Å². The molecule has 0 radical (unpaired) electrons. The van der Waals surface area contributed by atoms with Crippen molar-refractivity contribution in [3.8, 4) is 5.75 Å². The summed E-state index contributed by atoms with van der Waals surface area (Å²) in [7, 11) is 3.00. The lowest BCUT2D eigenvalue weighted by Gasteiger charge is -2.34. The number of benzene rings is 1. The first kappa shape index (κ1) is 25.7. The summed E-state index contributed by atoms with van der Waals surface area (Å²) in [6, 6.07) is 4.51. The molecule has 0 aliphatic rings. The minimum Gasteiger partial charge on any atom is -0.494 e. The molecule has 0 bridgehead atoms. The number of unbranched alkanes of at least 4 members (excludes halogenated alkanes) is 1. The van der Waals surface area contributed by atoms with E-state index in [1.165, 1.54) is 44.1 Å². The molecule has 0 saturated carbocycles. The zero-order chi connectivity index (χ0) is 23.1. The molecule has 170 valence electrons. The van der Waals surface area contributed by atoms with Crippen molar-refractivity contribution >= 4 is 12.0 Å². The molecule has 0 N–H and O–H groups in total. The fraction of sp³-hybridized carbons (Fsp3) is 0.636. The Morgan fingerprint density at radius 3 is 2.33 bits per heavy atom. The van der Waals surface area contributed by atoms with Crippen molar-refractivity contribution in [3.63, 3.8) is 0 Å². The van der Waals surface area contributed by atoms with Crippen LogP contribution in [-0.4, -0.2) is 60.7 Å². The molecule has 0 spiro atoms. The smallest absolute Gasteiger partial charge is 0.411 e. The Kier molecular flexibility index (Phi) is 9.06. The minimum atomic E-state index is -3.41. The van der Waals surface area contributed by atoms with Crippen molar-refractivity contribution in [2.75, 3.05) is 27.2 Å². The van der Waals surface area contributed by atoms with Gasteiger partial charge in [0.25, 0.3) is 5.92 Å². The number of ether oxygens (including phenoxy) is 2. The molecule has 8 heteroatoms. The molecular weight excluding hydrogens is 394 g/mol. The Hall–Kier alpha value is -2.38. The maximum atomic E-state index is 15.2. The standard InChI is InChI=1S/C22H34F2N2O4/c1-8-9-13-29-18-12-10-11-17(14-18)22(23,24)15-26(16(2)19(27)25(6)7)20(28)30-21(3,4)5/h10-12,14,16H,8-9,13,15H2,1-7H3. The molecule has 6 nitrogen and oxygen atoms in total. The van der Waals surface area contributed by atoms with Crippen LogP contribution < -0.4 is 4.74 Å². The van der Waals surface area contributed by atoms with Crippen molar-refractivity contribution in [3.05, 3.63) is 29.8 Å². The van der Waals surface area contributed by atoms with E-state index in [0.717, 1.165) is 17.7 Å². The summed E-state index contributed by atoms with van der Waals surface area (Å²) in [5, 5.41) is 0. The van der Waals surface area contributed by atoms with Crippen LogP contribution in [0, 0.1) is 0 Å². The average Bonchev–Trinajstić information content (AvgIpc) is 2.64. The van der Waals surface area contributed by atoms with Crippen LogP contribution in [0.2, 0.25) is 0 Å².